The first kappa shape index (κ1) is 23.1. The van der Waals surface area contributed by atoms with Gasteiger partial charge in [-0.15, -0.1) is 0 Å². The Morgan fingerprint density at radius 1 is 1.39 bits per heavy atom. The minimum absolute atomic E-state index is 0.0612. The van der Waals surface area contributed by atoms with E-state index in [0.717, 1.165) is 24.8 Å². The van der Waals surface area contributed by atoms with Crippen molar-refractivity contribution in [2.45, 2.75) is 52.7 Å². The topological polar surface area (TPSA) is 137 Å². The molecule has 2 aromatic heterocycles. The molecule has 0 radical (unpaired) electrons. The first-order valence-corrected chi connectivity index (χ1v) is 11.1. The third-order valence-corrected chi connectivity index (χ3v) is 5.81. The van der Waals surface area contributed by atoms with Gasteiger partial charge in [0.1, 0.15) is 12.9 Å². The van der Waals surface area contributed by atoms with Gasteiger partial charge in [-0.05, 0) is 31.3 Å². The molecule has 0 aromatic carbocycles. The summed E-state index contributed by atoms with van der Waals surface area (Å²) in [6, 6.07) is 0. The van der Waals surface area contributed by atoms with Crippen LogP contribution in [0, 0.1) is 11.3 Å². The Hall–Kier alpha value is -3.05. The molecule has 2 aromatic rings. The molecule has 11 heteroatoms. The number of fused-ring (bicyclic) bond motifs is 1. The maximum absolute atomic E-state index is 12.4. The molecule has 0 spiro atoms. The van der Waals surface area contributed by atoms with Gasteiger partial charge in [0.05, 0.1) is 12.0 Å². The number of carbonyl (C=O) groups is 2. The summed E-state index contributed by atoms with van der Waals surface area (Å²) < 4.78 is 18.6. The molecule has 2 atom stereocenters. The summed E-state index contributed by atoms with van der Waals surface area (Å²) in [5.41, 5.74) is 0.547. The minimum Gasteiger partial charge on any atom is -0.465 e. The number of hydrogen-bond donors (Lipinski definition) is 2. The van der Waals surface area contributed by atoms with Gasteiger partial charge in [0.2, 0.25) is 11.9 Å². The maximum Gasteiger partial charge on any atom is 0.302 e. The fourth-order valence-corrected chi connectivity index (χ4v) is 3.68. The van der Waals surface area contributed by atoms with Crippen LogP contribution in [0.3, 0.4) is 0 Å². The molecule has 1 amide bonds. The number of carbonyl (C=O) groups excluding carboxylic acids is 2. The standard InChI is InChI=1S/C22H29N5O6/c1-13(2)19(29)25-21-24-18-17(20(30)26-21)23-12-27(18)9-15-8-22(15,10-32-14(3)28)11-33-16-6-4-5-7-31-16/h9,12-13,16H,4-8,10-11H2,1-3H3,(H2,24,25,26,29,30). The predicted molar refractivity (Wildman–Crippen MR) is 119 cm³/mol. The van der Waals surface area contributed by atoms with E-state index in [-0.39, 0.29) is 42.2 Å². The molecule has 11 nitrogen and oxygen atoms in total. The highest BCUT2D eigenvalue weighted by molar-refractivity contribution is 5.91. The number of aromatic nitrogens is 4. The van der Waals surface area contributed by atoms with Gasteiger partial charge in [-0.25, -0.2) is 4.98 Å². The first-order valence-electron chi connectivity index (χ1n) is 11.1. The number of ether oxygens (including phenoxy) is 3. The van der Waals surface area contributed by atoms with Gasteiger partial charge < -0.3 is 14.2 Å². The van der Waals surface area contributed by atoms with Crippen LogP contribution >= 0.6 is 0 Å². The average molecular weight is 460 g/mol. The number of imidazole rings is 1. The molecule has 2 N–H and O–H groups in total. The zero-order chi connectivity index (χ0) is 23.6. The van der Waals surface area contributed by atoms with Crippen LogP contribution in [-0.2, 0) is 23.8 Å². The number of anilines is 1. The molecule has 1 saturated carbocycles. The Bertz CT molecular complexity index is 1130. The van der Waals surface area contributed by atoms with Crippen molar-refractivity contribution in [3.05, 3.63) is 22.3 Å². The Morgan fingerprint density at radius 2 is 2.21 bits per heavy atom. The van der Waals surface area contributed by atoms with Crippen LogP contribution < -0.4 is 10.9 Å². The number of esters is 1. The highest BCUT2D eigenvalue weighted by atomic mass is 16.7. The molecule has 2 aliphatic rings. The third kappa shape index (κ3) is 5.31. The van der Waals surface area contributed by atoms with E-state index >= 15 is 0 Å². The predicted octanol–water partition coefficient (Wildman–Crippen LogP) is 2.05. The van der Waals surface area contributed by atoms with E-state index < -0.39 is 11.0 Å². The van der Waals surface area contributed by atoms with Crippen molar-refractivity contribution in [1.82, 2.24) is 19.5 Å². The number of nitrogens with one attached hydrogen (secondary N) is 2. The Labute approximate surface area is 190 Å². The van der Waals surface area contributed by atoms with Gasteiger partial charge in [-0.3, -0.25) is 29.3 Å². The molecule has 1 aliphatic heterocycles. The number of H-pyrrole nitrogens is 1. The molecule has 178 valence electrons. The van der Waals surface area contributed by atoms with Crippen LogP contribution in [-0.4, -0.2) is 57.5 Å². The smallest absolute Gasteiger partial charge is 0.302 e. The monoisotopic (exact) mass is 459 g/mol. The zero-order valence-electron chi connectivity index (χ0n) is 19.1. The lowest BCUT2D eigenvalue weighted by Gasteiger charge is -2.25. The number of amides is 1. The van der Waals surface area contributed by atoms with E-state index in [9.17, 15) is 14.4 Å². The summed E-state index contributed by atoms with van der Waals surface area (Å²) in [5, 5.41) is 2.61. The van der Waals surface area contributed by atoms with Crippen LogP contribution in [0.5, 0.6) is 0 Å². The van der Waals surface area contributed by atoms with Gasteiger partial charge in [0.25, 0.3) is 5.56 Å². The largest absolute Gasteiger partial charge is 0.465 e. The zero-order valence-corrected chi connectivity index (χ0v) is 19.1. The van der Waals surface area contributed by atoms with E-state index in [1.54, 1.807) is 18.4 Å². The molecule has 0 bridgehead atoms. The van der Waals surface area contributed by atoms with Crippen LogP contribution in [0.2, 0.25) is 0 Å². The lowest BCUT2D eigenvalue weighted by Crippen LogP contribution is -2.28. The Balaban J connectivity index is 1.57. The summed E-state index contributed by atoms with van der Waals surface area (Å²) >= 11 is 0. The highest BCUT2D eigenvalue weighted by Gasteiger charge is 2.51. The van der Waals surface area contributed by atoms with Gasteiger partial charge >= 0.3 is 5.97 Å². The van der Waals surface area contributed by atoms with Gasteiger partial charge in [-0.2, -0.15) is 4.98 Å². The lowest BCUT2D eigenvalue weighted by molar-refractivity contribution is -0.174. The minimum atomic E-state index is -0.459. The maximum atomic E-state index is 12.4. The molecule has 1 aliphatic carbocycles. The molecular formula is C22H29N5O6. The fraction of sp³-hybridized carbons (Fsp3) is 0.591. The van der Waals surface area contributed by atoms with E-state index in [2.05, 4.69) is 20.3 Å². The first-order chi connectivity index (χ1) is 15.8. The van der Waals surface area contributed by atoms with Crippen molar-refractivity contribution < 1.29 is 23.8 Å². The van der Waals surface area contributed by atoms with Crippen molar-refractivity contribution in [1.29, 1.82) is 0 Å². The van der Waals surface area contributed by atoms with Crippen LogP contribution in [0.15, 0.2) is 16.7 Å². The van der Waals surface area contributed by atoms with E-state index in [1.807, 2.05) is 6.20 Å². The number of hydrogen-bond acceptors (Lipinski definition) is 8. The van der Waals surface area contributed by atoms with Gasteiger partial charge in [-0.1, -0.05) is 13.8 Å². The van der Waals surface area contributed by atoms with Crippen molar-refractivity contribution in [2.24, 2.45) is 11.3 Å². The molecule has 3 heterocycles. The van der Waals surface area contributed by atoms with E-state index in [1.165, 1.54) is 13.3 Å². The summed E-state index contributed by atoms with van der Waals surface area (Å²) in [5.74, 6) is -0.821. The number of rotatable bonds is 8. The molecular weight excluding hydrogens is 430 g/mol. The second-order valence-electron chi connectivity index (χ2n) is 8.88. The second kappa shape index (κ2) is 9.44. The van der Waals surface area contributed by atoms with Crippen molar-refractivity contribution >= 4 is 35.2 Å². The average Bonchev–Trinajstić information content (AvgIpc) is 3.31. The third-order valence-electron chi connectivity index (χ3n) is 5.81. The summed E-state index contributed by atoms with van der Waals surface area (Å²) in [6.45, 7) is 6.09. The van der Waals surface area contributed by atoms with Crippen molar-refractivity contribution in [3.63, 3.8) is 0 Å². The van der Waals surface area contributed by atoms with Crippen LogP contribution in [0.4, 0.5) is 5.95 Å². The highest BCUT2D eigenvalue weighted by Crippen LogP contribution is 2.53. The molecule has 33 heavy (non-hydrogen) atoms. The quantitative estimate of drug-likeness (QED) is 0.572. The van der Waals surface area contributed by atoms with Crippen LogP contribution in [0.25, 0.3) is 17.4 Å². The molecule has 2 unspecified atom stereocenters. The van der Waals surface area contributed by atoms with Crippen molar-refractivity contribution in [2.75, 3.05) is 25.1 Å². The molecule has 4 rings (SSSR count). The lowest BCUT2D eigenvalue weighted by atomic mass is 10.1. The Kier molecular flexibility index (Phi) is 6.61. The molecule has 1 saturated heterocycles. The van der Waals surface area contributed by atoms with Crippen LogP contribution in [0.1, 0.15) is 46.5 Å². The Morgan fingerprint density at radius 3 is 2.91 bits per heavy atom. The summed E-state index contributed by atoms with van der Waals surface area (Å²) in [7, 11) is 0. The second-order valence-corrected chi connectivity index (χ2v) is 8.88. The van der Waals surface area contributed by atoms with Crippen molar-refractivity contribution in [3.8, 4) is 0 Å². The molecule has 2 fully saturated rings. The summed E-state index contributed by atoms with van der Waals surface area (Å²) in [6.07, 6.45) is 6.65. The number of nitrogens with zero attached hydrogens (tertiary/aromatic N) is 3. The normalized spacial score (nSPS) is 23.8. The fourth-order valence-electron chi connectivity index (χ4n) is 3.68. The number of aromatic amines is 1. The van der Waals surface area contributed by atoms with Gasteiger partial charge in [0, 0.05) is 25.6 Å². The van der Waals surface area contributed by atoms with Gasteiger partial charge in [0.15, 0.2) is 17.5 Å². The SMILES string of the molecule is CC(=O)OCC1(COC2CCCCO2)CC1=Cn1cnc2c(=O)[nH]c(NC(=O)C(C)C)nc21. The van der Waals surface area contributed by atoms with E-state index in [0.29, 0.717) is 25.3 Å². The van der Waals surface area contributed by atoms with E-state index in [4.69, 9.17) is 14.2 Å². The summed E-state index contributed by atoms with van der Waals surface area (Å²) in [4.78, 5) is 46.9.